The van der Waals surface area contributed by atoms with Gasteiger partial charge >= 0.3 is 5.97 Å². The Hall–Kier alpha value is -0.570. The molecule has 0 amide bonds. The van der Waals surface area contributed by atoms with Crippen LogP contribution in [0, 0.1) is 11.8 Å². The lowest BCUT2D eigenvalue weighted by atomic mass is 9.90. The van der Waals surface area contributed by atoms with E-state index in [0.29, 0.717) is 6.04 Å². The van der Waals surface area contributed by atoms with Gasteiger partial charge in [0.15, 0.2) is 0 Å². The lowest BCUT2D eigenvalue weighted by molar-refractivity contribution is -0.143. The SMILES string of the molecule is CC1CCN(C(C)C(C)C(=O)O)C(C)C1. The van der Waals surface area contributed by atoms with Crippen molar-refractivity contribution in [2.75, 3.05) is 6.54 Å². The van der Waals surface area contributed by atoms with Crippen LogP contribution >= 0.6 is 0 Å². The first-order chi connectivity index (χ1) is 6.93. The Kier molecular flexibility index (Phi) is 4.14. The number of carboxylic acids is 1. The van der Waals surface area contributed by atoms with E-state index in [1.165, 1.54) is 12.8 Å². The molecule has 1 fully saturated rings. The van der Waals surface area contributed by atoms with Crippen molar-refractivity contribution in [3.05, 3.63) is 0 Å². The molecule has 4 atom stereocenters. The molecule has 0 radical (unpaired) electrons. The van der Waals surface area contributed by atoms with Crippen LogP contribution in [0.3, 0.4) is 0 Å². The topological polar surface area (TPSA) is 40.5 Å². The molecule has 0 aromatic carbocycles. The Labute approximate surface area is 92.5 Å². The quantitative estimate of drug-likeness (QED) is 0.781. The fraction of sp³-hybridized carbons (Fsp3) is 0.917. The van der Waals surface area contributed by atoms with Gasteiger partial charge in [-0.1, -0.05) is 13.8 Å². The highest BCUT2D eigenvalue weighted by atomic mass is 16.4. The minimum Gasteiger partial charge on any atom is -0.481 e. The minimum absolute atomic E-state index is 0.144. The number of nitrogens with zero attached hydrogens (tertiary/aromatic N) is 1. The van der Waals surface area contributed by atoms with E-state index in [2.05, 4.69) is 18.7 Å². The zero-order valence-electron chi connectivity index (χ0n) is 10.2. The summed E-state index contributed by atoms with van der Waals surface area (Å²) in [4.78, 5) is 13.3. The first-order valence-corrected chi connectivity index (χ1v) is 5.92. The van der Waals surface area contributed by atoms with E-state index in [0.717, 1.165) is 12.5 Å². The molecule has 0 aliphatic carbocycles. The molecule has 1 rings (SSSR count). The maximum absolute atomic E-state index is 10.9. The summed E-state index contributed by atoms with van der Waals surface area (Å²) < 4.78 is 0. The van der Waals surface area contributed by atoms with Crippen molar-refractivity contribution in [1.29, 1.82) is 0 Å². The van der Waals surface area contributed by atoms with Gasteiger partial charge in [0.25, 0.3) is 0 Å². The molecule has 0 aromatic rings. The molecule has 3 nitrogen and oxygen atoms in total. The first kappa shape index (κ1) is 12.5. The van der Waals surface area contributed by atoms with Crippen molar-refractivity contribution in [2.45, 2.75) is 52.6 Å². The third kappa shape index (κ3) is 2.94. The smallest absolute Gasteiger partial charge is 0.307 e. The second-order valence-electron chi connectivity index (χ2n) is 5.08. The highest BCUT2D eigenvalue weighted by Crippen LogP contribution is 2.26. The number of rotatable bonds is 3. The Morgan fingerprint density at radius 1 is 1.40 bits per heavy atom. The van der Waals surface area contributed by atoms with Crippen LogP contribution in [0.1, 0.15) is 40.5 Å². The van der Waals surface area contributed by atoms with Crippen LogP contribution in [-0.2, 0) is 4.79 Å². The van der Waals surface area contributed by atoms with Crippen LogP contribution in [0.15, 0.2) is 0 Å². The van der Waals surface area contributed by atoms with Crippen LogP contribution in [0.4, 0.5) is 0 Å². The fourth-order valence-electron chi connectivity index (χ4n) is 2.52. The second kappa shape index (κ2) is 4.97. The Bertz CT molecular complexity index is 230. The van der Waals surface area contributed by atoms with Gasteiger partial charge in [0.05, 0.1) is 5.92 Å². The number of likely N-dealkylation sites (tertiary alicyclic amines) is 1. The van der Waals surface area contributed by atoms with Crippen molar-refractivity contribution in [1.82, 2.24) is 4.90 Å². The Morgan fingerprint density at radius 2 is 2.00 bits per heavy atom. The third-order valence-electron chi connectivity index (χ3n) is 3.83. The monoisotopic (exact) mass is 213 g/mol. The molecule has 0 saturated carbocycles. The molecule has 4 unspecified atom stereocenters. The number of aliphatic carboxylic acids is 1. The molecule has 0 spiro atoms. The van der Waals surface area contributed by atoms with Gasteiger partial charge in [0.2, 0.25) is 0 Å². The van der Waals surface area contributed by atoms with Crippen molar-refractivity contribution < 1.29 is 9.90 Å². The second-order valence-corrected chi connectivity index (χ2v) is 5.08. The number of hydrogen-bond acceptors (Lipinski definition) is 2. The molecule has 1 aliphatic rings. The largest absolute Gasteiger partial charge is 0.481 e. The number of hydrogen-bond donors (Lipinski definition) is 1. The summed E-state index contributed by atoms with van der Waals surface area (Å²) in [5.41, 5.74) is 0. The highest BCUT2D eigenvalue weighted by molar-refractivity contribution is 5.70. The molecule has 1 aliphatic heterocycles. The zero-order chi connectivity index (χ0) is 11.6. The minimum atomic E-state index is -0.687. The van der Waals surface area contributed by atoms with Gasteiger partial charge in [-0.05, 0) is 39.2 Å². The maximum atomic E-state index is 10.9. The van der Waals surface area contributed by atoms with Gasteiger partial charge < -0.3 is 5.11 Å². The summed E-state index contributed by atoms with van der Waals surface area (Å²) in [5, 5.41) is 8.99. The van der Waals surface area contributed by atoms with Crippen molar-refractivity contribution in [2.24, 2.45) is 11.8 Å². The lowest BCUT2D eigenvalue weighted by Crippen LogP contribution is -2.49. The fourth-order valence-corrected chi connectivity index (χ4v) is 2.52. The molecular weight excluding hydrogens is 190 g/mol. The molecule has 0 bridgehead atoms. The molecule has 15 heavy (non-hydrogen) atoms. The van der Waals surface area contributed by atoms with E-state index in [1.807, 2.05) is 6.92 Å². The summed E-state index contributed by atoms with van der Waals surface area (Å²) in [5.74, 6) is -0.183. The number of piperidine rings is 1. The van der Waals surface area contributed by atoms with Gasteiger partial charge in [-0.2, -0.15) is 0 Å². The number of carbonyl (C=O) groups is 1. The first-order valence-electron chi connectivity index (χ1n) is 5.92. The van der Waals surface area contributed by atoms with Crippen LogP contribution in [0.25, 0.3) is 0 Å². The lowest BCUT2D eigenvalue weighted by Gasteiger charge is -2.41. The van der Waals surface area contributed by atoms with Gasteiger partial charge in [0.1, 0.15) is 0 Å². The molecule has 1 N–H and O–H groups in total. The average Bonchev–Trinajstić information content (AvgIpc) is 2.15. The van der Waals surface area contributed by atoms with Crippen LogP contribution in [0.5, 0.6) is 0 Å². The van der Waals surface area contributed by atoms with Crippen LogP contribution in [0.2, 0.25) is 0 Å². The van der Waals surface area contributed by atoms with E-state index < -0.39 is 5.97 Å². The van der Waals surface area contributed by atoms with E-state index in [9.17, 15) is 4.79 Å². The van der Waals surface area contributed by atoms with Gasteiger partial charge in [-0.15, -0.1) is 0 Å². The predicted octanol–water partition coefficient (Wildman–Crippen LogP) is 2.22. The molecule has 1 heterocycles. The zero-order valence-corrected chi connectivity index (χ0v) is 10.2. The molecule has 1 saturated heterocycles. The number of carboxylic acid groups (broad SMARTS) is 1. The van der Waals surface area contributed by atoms with Crippen molar-refractivity contribution >= 4 is 5.97 Å². The average molecular weight is 213 g/mol. The van der Waals surface area contributed by atoms with Gasteiger partial charge in [-0.3, -0.25) is 9.69 Å². The van der Waals surface area contributed by atoms with E-state index in [-0.39, 0.29) is 12.0 Å². The van der Waals surface area contributed by atoms with E-state index in [1.54, 1.807) is 6.92 Å². The molecular formula is C12H23NO2. The normalized spacial score (nSPS) is 32.3. The standard InChI is InChI=1S/C12H23NO2/c1-8-5-6-13(9(2)7-8)11(4)10(3)12(14)15/h8-11H,5-7H2,1-4H3,(H,14,15). The Balaban J connectivity index is 2.59. The summed E-state index contributed by atoms with van der Waals surface area (Å²) in [7, 11) is 0. The summed E-state index contributed by atoms with van der Waals surface area (Å²) in [6.45, 7) is 9.37. The van der Waals surface area contributed by atoms with Gasteiger partial charge in [-0.25, -0.2) is 0 Å². The molecule has 0 aromatic heterocycles. The van der Waals surface area contributed by atoms with Crippen LogP contribution in [-0.4, -0.2) is 34.6 Å². The maximum Gasteiger partial charge on any atom is 0.307 e. The van der Waals surface area contributed by atoms with Crippen molar-refractivity contribution in [3.63, 3.8) is 0 Å². The van der Waals surface area contributed by atoms with Crippen molar-refractivity contribution in [3.8, 4) is 0 Å². The highest BCUT2D eigenvalue weighted by Gasteiger charge is 2.31. The summed E-state index contributed by atoms with van der Waals surface area (Å²) in [6, 6.07) is 0.663. The van der Waals surface area contributed by atoms with E-state index in [4.69, 9.17) is 5.11 Å². The van der Waals surface area contributed by atoms with E-state index >= 15 is 0 Å². The predicted molar refractivity (Wildman–Crippen MR) is 60.8 cm³/mol. The summed E-state index contributed by atoms with van der Waals surface area (Å²) in [6.07, 6.45) is 2.39. The Morgan fingerprint density at radius 3 is 2.47 bits per heavy atom. The molecule has 3 heteroatoms. The third-order valence-corrected chi connectivity index (χ3v) is 3.83. The molecule has 88 valence electrons. The summed E-state index contributed by atoms with van der Waals surface area (Å²) >= 11 is 0. The van der Waals surface area contributed by atoms with Crippen LogP contribution < -0.4 is 0 Å². The van der Waals surface area contributed by atoms with Gasteiger partial charge in [0, 0.05) is 12.1 Å².